The van der Waals surface area contributed by atoms with Crippen molar-refractivity contribution in [2.45, 2.75) is 24.2 Å². The highest BCUT2D eigenvalue weighted by atomic mass is 35.5. The van der Waals surface area contributed by atoms with Gasteiger partial charge in [-0.2, -0.15) is 0 Å². The number of hydrogen-bond acceptors (Lipinski definition) is 6. The van der Waals surface area contributed by atoms with Gasteiger partial charge in [0.25, 0.3) is 0 Å². The second kappa shape index (κ2) is 7.37. The topological polar surface area (TPSA) is 100 Å². The molecule has 0 aliphatic carbocycles. The third-order valence-corrected chi connectivity index (χ3v) is 5.15. The standard InChI is InChI=1S/C12H20ClN5O2S/c13-11-8-10(9-15-12(11)17-14)21(19,20)16-4-7-18-5-2-1-3-6-18/h8-9,16H,1-7,14H2,(H,15,17). The van der Waals surface area contributed by atoms with E-state index in [0.29, 0.717) is 13.1 Å². The highest BCUT2D eigenvalue weighted by Crippen LogP contribution is 2.21. The molecule has 9 heteroatoms. The number of hydrazine groups is 1. The Bertz CT molecular complexity index is 575. The van der Waals surface area contributed by atoms with Gasteiger partial charge in [0.2, 0.25) is 10.0 Å². The molecule has 0 radical (unpaired) electrons. The first-order valence-corrected chi connectivity index (χ1v) is 8.73. The first-order chi connectivity index (χ1) is 10.0. The molecule has 0 saturated carbocycles. The zero-order chi connectivity index (χ0) is 15.3. The summed E-state index contributed by atoms with van der Waals surface area (Å²) in [6, 6.07) is 1.33. The molecule has 1 fully saturated rings. The zero-order valence-electron chi connectivity index (χ0n) is 11.7. The molecular weight excluding hydrogens is 314 g/mol. The quantitative estimate of drug-likeness (QED) is 0.525. The van der Waals surface area contributed by atoms with Crippen LogP contribution >= 0.6 is 11.6 Å². The van der Waals surface area contributed by atoms with Gasteiger partial charge in [0, 0.05) is 19.3 Å². The Morgan fingerprint density at radius 1 is 1.33 bits per heavy atom. The summed E-state index contributed by atoms with van der Waals surface area (Å²) in [5.74, 6) is 5.44. The molecule has 4 N–H and O–H groups in total. The zero-order valence-corrected chi connectivity index (χ0v) is 13.3. The van der Waals surface area contributed by atoms with Crippen molar-refractivity contribution in [3.05, 3.63) is 17.3 Å². The van der Waals surface area contributed by atoms with E-state index in [-0.39, 0.29) is 15.7 Å². The number of rotatable bonds is 6. The van der Waals surface area contributed by atoms with E-state index in [1.807, 2.05) is 0 Å². The van der Waals surface area contributed by atoms with Crippen LogP contribution in [-0.2, 0) is 10.0 Å². The number of nitrogens with one attached hydrogen (secondary N) is 2. The normalized spacial score (nSPS) is 16.9. The van der Waals surface area contributed by atoms with Crippen LogP contribution in [0.15, 0.2) is 17.2 Å². The van der Waals surface area contributed by atoms with E-state index >= 15 is 0 Å². The van der Waals surface area contributed by atoms with Gasteiger partial charge in [-0.3, -0.25) is 0 Å². The molecule has 0 atom stereocenters. The van der Waals surface area contributed by atoms with Gasteiger partial charge in [-0.1, -0.05) is 18.0 Å². The van der Waals surface area contributed by atoms with E-state index in [1.165, 1.54) is 31.5 Å². The van der Waals surface area contributed by atoms with Crippen LogP contribution in [0.2, 0.25) is 5.02 Å². The number of hydrogen-bond donors (Lipinski definition) is 3. The summed E-state index contributed by atoms with van der Waals surface area (Å²) in [7, 11) is -3.60. The molecule has 1 saturated heterocycles. The lowest BCUT2D eigenvalue weighted by Crippen LogP contribution is -2.37. The average Bonchev–Trinajstić information content (AvgIpc) is 2.48. The maximum atomic E-state index is 12.1. The fourth-order valence-corrected chi connectivity index (χ4v) is 3.55. The number of pyridine rings is 1. The molecule has 1 aromatic rings. The summed E-state index contributed by atoms with van der Waals surface area (Å²) in [6.07, 6.45) is 4.85. The van der Waals surface area contributed by atoms with Crippen molar-refractivity contribution in [1.29, 1.82) is 0 Å². The van der Waals surface area contributed by atoms with E-state index in [0.717, 1.165) is 13.1 Å². The van der Waals surface area contributed by atoms with Gasteiger partial charge in [-0.05, 0) is 32.0 Å². The monoisotopic (exact) mass is 333 g/mol. The fourth-order valence-electron chi connectivity index (χ4n) is 2.28. The molecule has 21 heavy (non-hydrogen) atoms. The van der Waals surface area contributed by atoms with Crippen LogP contribution in [0.3, 0.4) is 0 Å². The second-order valence-corrected chi connectivity index (χ2v) is 7.12. The maximum Gasteiger partial charge on any atom is 0.242 e. The number of likely N-dealkylation sites (tertiary alicyclic amines) is 1. The minimum absolute atomic E-state index is 0.0325. The Kier molecular flexibility index (Phi) is 5.77. The number of anilines is 1. The predicted octanol–water partition coefficient (Wildman–Crippen LogP) is 0.785. The Hall–Kier alpha value is -0.930. The van der Waals surface area contributed by atoms with E-state index in [1.54, 1.807) is 0 Å². The first kappa shape index (κ1) is 16.4. The lowest BCUT2D eigenvalue weighted by molar-refractivity contribution is 0.233. The average molecular weight is 334 g/mol. The highest BCUT2D eigenvalue weighted by molar-refractivity contribution is 7.89. The number of sulfonamides is 1. The van der Waals surface area contributed by atoms with Gasteiger partial charge >= 0.3 is 0 Å². The van der Waals surface area contributed by atoms with Gasteiger partial charge in [0.15, 0.2) is 5.82 Å². The number of piperidine rings is 1. The summed E-state index contributed by atoms with van der Waals surface area (Å²) in [4.78, 5) is 6.16. The molecule has 2 rings (SSSR count). The van der Waals surface area contributed by atoms with Crippen molar-refractivity contribution in [3.63, 3.8) is 0 Å². The predicted molar refractivity (Wildman–Crippen MR) is 82.5 cm³/mol. The third-order valence-electron chi connectivity index (χ3n) is 3.43. The smallest absolute Gasteiger partial charge is 0.242 e. The van der Waals surface area contributed by atoms with Gasteiger partial charge in [-0.15, -0.1) is 0 Å². The lowest BCUT2D eigenvalue weighted by atomic mass is 10.1. The molecule has 118 valence electrons. The van der Waals surface area contributed by atoms with Crippen molar-refractivity contribution in [3.8, 4) is 0 Å². The van der Waals surface area contributed by atoms with E-state index in [4.69, 9.17) is 17.4 Å². The van der Waals surface area contributed by atoms with Crippen molar-refractivity contribution < 1.29 is 8.42 Å². The summed E-state index contributed by atoms with van der Waals surface area (Å²) < 4.78 is 26.9. The van der Waals surface area contributed by atoms with Crippen LogP contribution in [0.5, 0.6) is 0 Å². The van der Waals surface area contributed by atoms with Crippen molar-refractivity contribution in [2.75, 3.05) is 31.6 Å². The molecule has 1 aliphatic heterocycles. The summed E-state index contributed by atoms with van der Waals surface area (Å²) >= 11 is 5.89. The molecule has 0 unspecified atom stereocenters. The molecule has 0 bridgehead atoms. The van der Waals surface area contributed by atoms with Crippen LogP contribution in [0, 0.1) is 0 Å². The number of nitrogens with zero attached hydrogens (tertiary/aromatic N) is 2. The maximum absolute atomic E-state index is 12.1. The Morgan fingerprint density at radius 2 is 2.05 bits per heavy atom. The van der Waals surface area contributed by atoms with Crippen LogP contribution in [0.25, 0.3) is 0 Å². The van der Waals surface area contributed by atoms with Crippen molar-refractivity contribution in [2.24, 2.45) is 5.84 Å². The third kappa shape index (κ3) is 4.52. The summed E-state index contributed by atoms with van der Waals surface area (Å²) in [6.45, 7) is 3.15. The minimum Gasteiger partial charge on any atom is -0.307 e. The van der Waals surface area contributed by atoms with E-state index in [9.17, 15) is 8.42 Å². The number of nitrogen functional groups attached to an aromatic ring is 1. The van der Waals surface area contributed by atoms with Gasteiger partial charge in [0.1, 0.15) is 4.90 Å². The lowest BCUT2D eigenvalue weighted by Gasteiger charge is -2.26. The second-order valence-electron chi connectivity index (χ2n) is 4.95. The highest BCUT2D eigenvalue weighted by Gasteiger charge is 2.17. The molecule has 7 nitrogen and oxygen atoms in total. The number of aromatic nitrogens is 1. The first-order valence-electron chi connectivity index (χ1n) is 6.87. The van der Waals surface area contributed by atoms with Crippen LogP contribution < -0.4 is 16.0 Å². The summed E-state index contributed by atoms with van der Waals surface area (Å²) in [5, 5.41) is 0.163. The van der Waals surface area contributed by atoms with Crippen molar-refractivity contribution >= 4 is 27.4 Å². The molecule has 2 heterocycles. The Labute approximate surface area is 129 Å². The van der Waals surface area contributed by atoms with Gasteiger partial charge < -0.3 is 10.3 Å². The van der Waals surface area contributed by atoms with Crippen LogP contribution in [0.1, 0.15) is 19.3 Å². The molecule has 0 spiro atoms. The molecule has 1 aromatic heterocycles. The van der Waals surface area contributed by atoms with Crippen LogP contribution in [-0.4, -0.2) is 44.5 Å². The van der Waals surface area contributed by atoms with Crippen LogP contribution in [0.4, 0.5) is 5.82 Å². The SMILES string of the molecule is NNc1ncc(S(=O)(=O)NCCN2CCCCC2)cc1Cl. The number of halogens is 1. The Morgan fingerprint density at radius 3 is 2.67 bits per heavy atom. The molecule has 1 aliphatic rings. The molecule has 0 aromatic carbocycles. The summed E-state index contributed by atoms with van der Waals surface area (Å²) in [5.41, 5.74) is 2.30. The molecular formula is C12H20ClN5O2S. The van der Waals surface area contributed by atoms with E-state index in [2.05, 4.69) is 20.0 Å². The van der Waals surface area contributed by atoms with Gasteiger partial charge in [-0.25, -0.2) is 24.0 Å². The number of nitrogens with two attached hydrogens (primary N) is 1. The largest absolute Gasteiger partial charge is 0.307 e. The Balaban J connectivity index is 1.93. The van der Waals surface area contributed by atoms with E-state index < -0.39 is 10.0 Å². The molecule has 0 amide bonds. The van der Waals surface area contributed by atoms with Crippen molar-refractivity contribution in [1.82, 2.24) is 14.6 Å². The fraction of sp³-hybridized carbons (Fsp3) is 0.583. The van der Waals surface area contributed by atoms with Gasteiger partial charge in [0.05, 0.1) is 5.02 Å². The minimum atomic E-state index is -3.60.